The van der Waals surface area contributed by atoms with Crippen LogP contribution in [0.25, 0.3) is 21.9 Å². The fraction of sp³-hybridized carbons (Fsp3) is 0.278. The fourth-order valence-corrected chi connectivity index (χ4v) is 3.45. The van der Waals surface area contributed by atoms with Crippen LogP contribution in [0.3, 0.4) is 0 Å². The molecule has 0 atom stereocenters. The molecule has 25 heavy (non-hydrogen) atoms. The summed E-state index contributed by atoms with van der Waals surface area (Å²) < 4.78 is 5.46. The van der Waals surface area contributed by atoms with Crippen molar-refractivity contribution in [2.24, 2.45) is 0 Å². The summed E-state index contributed by atoms with van der Waals surface area (Å²) in [6, 6.07) is 8.25. The number of aromatic nitrogens is 5. The number of H-pyrrole nitrogens is 2. The van der Waals surface area contributed by atoms with Crippen molar-refractivity contribution in [3.63, 3.8) is 0 Å². The zero-order chi connectivity index (χ0) is 16.6. The second-order valence-corrected chi connectivity index (χ2v) is 6.39. The summed E-state index contributed by atoms with van der Waals surface area (Å²) in [6.07, 6.45) is 5.49. The SMILES string of the molecule is c1nc(Nc2ccc3[nH]ncc3c2)c2cc(C3CCOCC3)[nH]c2n1. The van der Waals surface area contributed by atoms with Gasteiger partial charge in [0.25, 0.3) is 0 Å². The van der Waals surface area contributed by atoms with Gasteiger partial charge in [-0.1, -0.05) is 0 Å². The maximum Gasteiger partial charge on any atom is 0.143 e. The first-order chi connectivity index (χ1) is 12.4. The Morgan fingerprint density at radius 1 is 1.12 bits per heavy atom. The second kappa shape index (κ2) is 5.86. The molecule has 0 bridgehead atoms. The van der Waals surface area contributed by atoms with Gasteiger partial charge in [0.05, 0.1) is 17.1 Å². The Hall–Kier alpha value is -2.93. The second-order valence-electron chi connectivity index (χ2n) is 6.39. The van der Waals surface area contributed by atoms with E-state index in [9.17, 15) is 0 Å². The van der Waals surface area contributed by atoms with E-state index in [0.29, 0.717) is 5.92 Å². The highest BCUT2D eigenvalue weighted by Crippen LogP contribution is 2.31. The molecule has 0 spiro atoms. The molecule has 1 aliphatic heterocycles. The summed E-state index contributed by atoms with van der Waals surface area (Å²) in [4.78, 5) is 12.3. The minimum atomic E-state index is 0.498. The zero-order valence-electron chi connectivity index (χ0n) is 13.6. The van der Waals surface area contributed by atoms with Crippen LogP contribution in [-0.2, 0) is 4.74 Å². The van der Waals surface area contributed by atoms with Gasteiger partial charge in [-0.15, -0.1) is 0 Å². The topological polar surface area (TPSA) is 91.5 Å². The minimum Gasteiger partial charge on any atom is -0.381 e. The van der Waals surface area contributed by atoms with Crippen LogP contribution in [-0.4, -0.2) is 38.4 Å². The molecule has 1 aromatic carbocycles. The summed E-state index contributed by atoms with van der Waals surface area (Å²) in [5.74, 6) is 1.31. The van der Waals surface area contributed by atoms with Gasteiger partial charge in [0.15, 0.2) is 0 Å². The molecule has 0 amide bonds. The normalized spacial score (nSPS) is 15.8. The summed E-state index contributed by atoms with van der Waals surface area (Å²) in [7, 11) is 0. The molecule has 4 aromatic rings. The standard InChI is InChI=1S/C18H18N6O/c1-2-15-12(9-21-24-15)7-13(1)22-17-14-8-16(11-3-5-25-6-4-11)23-18(14)20-10-19-17/h1-2,7-11H,3-6H2,(H,21,24)(H2,19,20,22,23). The van der Waals surface area contributed by atoms with Gasteiger partial charge in [0.1, 0.15) is 17.8 Å². The van der Waals surface area contributed by atoms with E-state index < -0.39 is 0 Å². The van der Waals surface area contributed by atoms with E-state index >= 15 is 0 Å². The number of ether oxygens (including phenoxy) is 1. The van der Waals surface area contributed by atoms with Crippen LogP contribution in [0, 0.1) is 0 Å². The number of anilines is 2. The predicted octanol–water partition coefficient (Wildman–Crippen LogP) is 3.47. The zero-order valence-corrected chi connectivity index (χ0v) is 13.6. The minimum absolute atomic E-state index is 0.498. The van der Waals surface area contributed by atoms with E-state index in [0.717, 1.165) is 59.5 Å². The molecule has 4 heterocycles. The largest absolute Gasteiger partial charge is 0.381 e. The van der Waals surface area contributed by atoms with Gasteiger partial charge >= 0.3 is 0 Å². The molecule has 0 radical (unpaired) electrons. The Morgan fingerprint density at radius 3 is 2.96 bits per heavy atom. The number of fused-ring (bicyclic) bond motifs is 2. The average molecular weight is 334 g/mol. The van der Waals surface area contributed by atoms with Gasteiger partial charge in [0.2, 0.25) is 0 Å². The van der Waals surface area contributed by atoms with Crippen molar-refractivity contribution >= 4 is 33.4 Å². The lowest BCUT2D eigenvalue weighted by atomic mass is 9.97. The number of nitrogens with zero attached hydrogens (tertiary/aromatic N) is 3. The molecular formula is C18H18N6O. The van der Waals surface area contributed by atoms with Crippen molar-refractivity contribution in [2.75, 3.05) is 18.5 Å². The highest BCUT2D eigenvalue weighted by atomic mass is 16.5. The maximum absolute atomic E-state index is 5.46. The number of rotatable bonds is 3. The van der Waals surface area contributed by atoms with E-state index in [-0.39, 0.29) is 0 Å². The van der Waals surface area contributed by atoms with Gasteiger partial charge in [-0.05, 0) is 37.1 Å². The van der Waals surface area contributed by atoms with Gasteiger partial charge < -0.3 is 15.0 Å². The predicted molar refractivity (Wildman–Crippen MR) is 96.1 cm³/mol. The van der Waals surface area contributed by atoms with Crippen LogP contribution in [0.15, 0.2) is 36.8 Å². The van der Waals surface area contributed by atoms with Crippen LogP contribution in [0.1, 0.15) is 24.5 Å². The molecular weight excluding hydrogens is 316 g/mol. The van der Waals surface area contributed by atoms with Gasteiger partial charge in [-0.2, -0.15) is 5.10 Å². The van der Waals surface area contributed by atoms with Crippen molar-refractivity contribution in [2.45, 2.75) is 18.8 Å². The Balaban J connectivity index is 1.50. The van der Waals surface area contributed by atoms with Gasteiger partial charge in [0, 0.05) is 35.9 Å². The Labute approximate surface area is 143 Å². The molecule has 1 aliphatic rings. The monoisotopic (exact) mass is 334 g/mol. The van der Waals surface area contributed by atoms with Crippen molar-refractivity contribution in [1.29, 1.82) is 0 Å². The third kappa shape index (κ3) is 2.62. The molecule has 0 saturated carbocycles. The lowest BCUT2D eigenvalue weighted by Crippen LogP contribution is -2.14. The van der Waals surface area contributed by atoms with Gasteiger partial charge in [-0.3, -0.25) is 5.10 Å². The molecule has 126 valence electrons. The van der Waals surface area contributed by atoms with E-state index in [1.54, 1.807) is 6.33 Å². The van der Waals surface area contributed by atoms with Crippen LogP contribution >= 0.6 is 0 Å². The number of hydrogen-bond donors (Lipinski definition) is 3. The van der Waals surface area contributed by atoms with E-state index in [4.69, 9.17) is 4.74 Å². The van der Waals surface area contributed by atoms with E-state index in [2.05, 4.69) is 42.6 Å². The van der Waals surface area contributed by atoms with E-state index in [1.807, 2.05) is 18.3 Å². The molecule has 0 aliphatic carbocycles. The summed E-state index contributed by atoms with van der Waals surface area (Å²) in [5.41, 5.74) is 4.07. The number of nitrogens with one attached hydrogen (secondary N) is 3. The molecule has 3 aromatic heterocycles. The first-order valence-corrected chi connectivity index (χ1v) is 8.48. The highest BCUT2D eigenvalue weighted by molar-refractivity contribution is 5.91. The maximum atomic E-state index is 5.46. The van der Waals surface area contributed by atoms with Crippen molar-refractivity contribution in [3.8, 4) is 0 Å². The lowest BCUT2D eigenvalue weighted by Gasteiger charge is -2.20. The van der Waals surface area contributed by atoms with Crippen LogP contribution in [0.5, 0.6) is 0 Å². The molecule has 1 fully saturated rings. The molecule has 5 rings (SSSR count). The number of aromatic amines is 2. The quantitative estimate of drug-likeness (QED) is 0.533. The Bertz CT molecular complexity index is 1030. The van der Waals surface area contributed by atoms with Crippen molar-refractivity contribution in [1.82, 2.24) is 25.1 Å². The fourth-order valence-electron chi connectivity index (χ4n) is 3.45. The van der Waals surface area contributed by atoms with Crippen molar-refractivity contribution in [3.05, 3.63) is 42.5 Å². The number of hydrogen-bond acceptors (Lipinski definition) is 5. The third-order valence-corrected chi connectivity index (χ3v) is 4.81. The average Bonchev–Trinajstić information content (AvgIpc) is 3.29. The third-order valence-electron chi connectivity index (χ3n) is 4.81. The molecule has 3 N–H and O–H groups in total. The summed E-state index contributed by atoms with van der Waals surface area (Å²) in [5, 5.41) is 12.5. The first kappa shape index (κ1) is 14.4. The lowest BCUT2D eigenvalue weighted by molar-refractivity contribution is 0.0846. The summed E-state index contributed by atoms with van der Waals surface area (Å²) >= 11 is 0. The van der Waals surface area contributed by atoms with Crippen molar-refractivity contribution < 1.29 is 4.74 Å². The van der Waals surface area contributed by atoms with Crippen LogP contribution in [0.2, 0.25) is 0 Å². The Kier molecular flexibility index (Phi) is 3.38. The smallest absolute Gasteiger partial charge is 0.143 e. The molecule has 7 nitrogen and oxygen atoms in total. The van der Waals surface area contributed by atoms with Crippen LogP contribution < -0.4 is 5.32 Å². The van der Waals surface area contributed by atoms with Crippen LogP contribution in [0.4, 0.5) is 11.5 Å². The highest BCUT2D eigenvalue weighted by Gasteiger charge is 2.19. The molecule has 1 saturated heterocycles. The van der Waals surface area contributed by atoms with E-state index in [1.165, 1.54) is 5.69 Å². The molecule has 0 unspecified atom stereocenters. The summed E-state index contributed by atoms with van der Waals surface area (Å²) in [6.45, 7) is 1.64. The number of benzene rings is 1. The Morgan fingerprint density at radius 2 is 2.04 bits per heavy atom. The molecule has 7 heteroatoms. The first-order valence-electron chi connectivity index (χ1n) is 8.48. The van der Waals surface area contributed by atoms with Gasteiger partial charge in [-0.25, -0.2) is 9.97 Å².